The van der Waals surface area contributed by atoms with Gasteiger partial charge in [-0.2, -0.15) is 8.42 Å². The van der Waals surface area contributed by atoms with Crippen LogP contribution in [-0.2, 0) is 37.5 Å². The van der Waals surface area contributed by atoms with Crippen molar-refractivity contribution in [2.45, 2.75) is 82.1 Å². The second kappa shape index (κ2) is 14.4. The summed E-state index contributed by atoms with van der Waals surface area (Å²) in [7, 11) is -4.96. The van der Waals surface area contributed by atoms with Gasteiger partial charge in [0, 0.05) is 18.9 Å². The molecule has 0 bridgehead atoms. The molecule has 0 radical (unpaired) electrons. The lowest BCUT2D eigenvalue weighted by Gasteiger charge is -2.28. The molecular formula is C31H41N3O9S. The third kappa shape index (κ3) is 9.66. The minimum atomic E-state index is -4.96. The largest absolute Gasteiger partial charge is 0.489 e. The molecule has 0 spiro atoms. The number of ether oxygens (including phenoxy) is 2. The number of amides is 3. The molecule has 2 aromatic carbocycles. The second-order valence-corrected chi connectivity index (χ2v) is 13.5. The average molecular weight is 632 g/mol. The fourth-order valence-electron chi connectivity index (χ4n) is 5.30. The Kier molecular flexibility index (Phi) is 10.9. The van der Waals surface area contributed by atoms with Gasteiger partial charge in [-0.25, -0.2) is 4.79 Å². The summed E-state index contributed by atoms with van der Waals surface area (Å²) in [6.45, 7) is 4.48. The Hall–Kier alpha value is -3.68. The van der Waals surface area contributed by atoms with Gasteiger partial charge in [0.1, 0.15) is 24.0 Å². The molecule has 12 nitrogen and oxygen atoms in total. The molecule has 13 heteroatoms. The van der Waals surface area contributed by atoms with Crippen LogP contribution in [0.5, 0.6) is 5.75 Å². The predicted molar refractivity (Wildman–Crippen MR) is 161 cm³/mol. The summed E-state index contributed by atoms with van der Waals surface area (Å²) in [6, 6.07) is 14.8. The number of hydrogen-bond donors (Lipinski definition) is 5. The molecule has 1 saturated carbocycles. The van der Waals surface area contributed by atoms with E-state index in [9.17, 15) is 32.5 Å². The number of carbonyl (C=O) groups excluding carboxylic acids is 3. The van der Waals surface area contributed by atoms with E-state index in [-0.39, 0.29) is 24.7 Å². The number of aliphatic hydroxyl groups excluding tert-OH is 1. The van der Waals surface area contributed by atoms with E-state index in [1.807, 2.05) is 68.4 Å². The van der Waals surface area contributed by atoms with E-state index in [0.717, 1.165) is 11.1 Å². The molecule has 1 saturated heterocycles. The van der Waals surface area contributed by atoms with Gasteiger partial charge >= 0.3 is 6.09 Å². The maximum atomic E-state index is 13.3. The summed E-state index contributed by atoms with van der Waals surface area (Å²) in [5, 5.41) is 17.9. The molecule has 4 atom stereocenters. The Morgan fingerprint density at radius 1 is 1.07 bits per heavy atom. The number of carbonyl (C=O) groups is 3. The van der Waals surface area contributed by atoms with Crippen LogP contribution in [-0.4, -0.2) is 65.7 Å². The van der Waals surface area contributed by atoms with Gasteiger partial charge in [0.05, 0.1) is 6.04 Å². The van der Waals surface area contributed by atoms with Gasteiger partial charge < -0.3 is 30.5 Å². The van der Waals surface area contributed by atoms with Gasteiger partial charge in [-0.3, -0.25) is 14.1 Å². The van der Waals surface area contributed by atoms with Gasteiger partial charge in [0.15, 0.2) is 0 Å². The summed E-state index contributed by atoms with van der Waals surface area (Å²) in [5.41, 5.74) is -1.12. The highest BCUT2D eigenvalue weighted by Crippen LogP contribution is 2.43. The molecule has 1 unspecified atom stereocenters. The lowest BCUT2D eigenvalue weighted by Crippen LogP contribution is -2.55. The summed E-state index contributed by atoms with van der Waals surface area (Å²) < 4.78 is 44.6. The molecule has 4 rings (SSSR count). The summed E-state index contributed by atoms with van der Waals surface area (Å²) >= 11 is 0. The highest BCUT2D eigenvalue weighted by molar-refractivity contribution is 7.86. The molecule has 1 aliphatic heterocycles. The number of rotatable bonds is 15. The van der Waals surface area contributed by atoms with Crippen LogP contribution in [0, 0.1) is 11.8 Å². The van der Waals surface area contributed by atoms with Crippen molar-refractivity contribution in [2.75, 3.05) is 6.54 Å². The Morgan fingerprint density at radius 3 is 2.39 bits per heavy atom. The van der Waals surface area contributed by atoms with E-state index in [1.54, 1.807) is 0 Å². The molecule has 1 aliphatic carbocycles. The average Bonchev–Trinajstić information content (AvgIpc) is 3.59. The van der Waals surface area contributed by atoms with E-state index in [4.69, 9.17) is 9.47 Å². The van der Waals surface area contributed by atoms with Crippen molar-refractivity contribution in [3.63, 3.8) is 0 Å². The van der Waals surface area contributed by atoms with Crippen molar-refractivity contribution in [3.05, 3.63) is 65.7 Å². The predicted octanol–water partition coefficient (Wildman–Crippen LogP) is 2.70. The maximum absolute atomic E-state index is 13.3. The number of benzene rings is 2. The Bertz CT molecular complexity index is 1410. The van der Waals surface area contributed by atoms with Crippen molar-refractivity contribution < 1.29 is 41.9 Å². The molecule has 5 N–H and O–H groups in total. The fourth-order valence-corrected chi connectivity index (χ4v) is 5.89. The third-order valence-corrected chi connectivity index (χ3v) is 8.72. The summed E-state index contributed by atoms with van der Waals surface area (Å²) in [4.78, 5) is 38.4. The summed E-state index contributed by atoms with van der Waals surface area (Å²) in [6.07, 6.45) is 1.29. The van der Waals surface area contributed by atoms with E-state index in [0.29, 0.717) is 44.6 Å². The van der Waals surface area contributed by atoms with Crippen molar-refractivity contribution >= 4 is 28.0 Å². The number of alkyl carbamates (subject to hydrolysis) is 1. The standard InChI is InChI=1S/C31H41N3O9S/c1-20(2)15-25(28(36)33-26(29(37)44(39,40)41)17-23-11-14-32-27(23)35)34-30(38)43-31(12-13-31)18-22-9-6-10-24(16-22)42-19-21-7-4-3-5-8-21/h3-10,16,20,23,25-26,29,37H,11-15,17-19H2,1-2H3,(H,32,35)(H,33,36)(H,34,38)(H,39,40,41)/t23-,25-,26-,29?/m0/s1. The third-order valence-electron chi connectivity index (χ3n) is 7.78. The molecule has 3 amide bonds. The van der Waals surface area contributed by atoms with Crippen LogP contribution in [0.2, 0.25) is 0 Å². The van der Waals surface area contributed by atoms with Crippen LogP contribution in [0.4, 0.5) is 4.79 Å². The Morgan fingerprint density at radius 2 is 1.77 bits per heavy atom. The summed E-state index contributed by atoms with van der Waals surface area (Å²) in [5.74, 6) is -1.12. The first kappa shape index (κ1) is 33.2. The van der Waals surface area contributed by atoms with Crippen molar-refractivity contribution in [3.8, 4) is 5.75 Å². The highest BCUT2D eigenvalue weighted by atomic mass is 32.2. The molecule has 2 aliphatic rings. The zero-order chi connectivity index (χ0) is 31.9. The molecule has 0 aromatic heterocycles. The second-order valence-electron chi connectivity index (χ2n) is 12.0. The van der Waals surface area contributed by atoms with Crippen molar-refractivity contribution in [1.82, 2.24) is 16.0 Å². The molecule has 2 fully saturated rings. The van der Waals surface area contributed by atoms with Crippen LogP contribution in [0.25, 0.3) is 0 Å². The number of hydrogen-bond acceptors (Lipinski definition) is 8. The SMILES string of the molecule is CC(C)C[C@H](NC(=O)OC1(Cc2cccc(OCc3ccccc3)c2)CC1)C(=O)N[C@@H](C[C@@H]1CCNC1=O)C(O)S(=O)(=O)O. The van der Waals surface area contributed by atoms with Crippen LogP contribution in [0.1, 0.15) is 57.1 Å². The minimum absolute atomic E-state index is 0.0508. The Balaban J connectivity index is 1.37. The monoisotopic (exact) mass is 631 g/mol. The van der Waals surface area contributed by atoms with E-state index in [1.165, 1.54) is 0 Å². The normalized spacial score (nSPS) is 19.4. The zero-order valence-corrected chi connectivity index (χ0v) is 25.7. The molecule has 240 valence electrons. The van der Waals surface area contributed by atoms with Crippen LogP contribution >= 0.6 is 0 Å². The smallest absolute Gasteiger partial charge is 0.408 e. The highest BCUT2D eigenvalue weighted by Gasteiger charge is 2.47. The molecule has 44 heavy (non-hydrogen) atoms. The zero-order valence-electron chi connectivity index (χ0n) is 24.9. The quantitative estimate of drug-likeness (QED) is 0.185. The van der Waals surface area contributed by atoms with E-state index >= 15 is 0 Å². The van der Waals surface area contributed by atoms with Crippen molar-refractivity contribution in [2.24, 2.45) is 11.8 Å². The number of aliphatic hydroxyl groups is 1. The first-order valence-corrected chi connectivity index (χ1v) is 16.3. The van der Waals surface area contributed by atoms with Crippen molar-refractivity contribution in [1.29, 1.82) is 0 Å². The molecular weight excluding hydrogens is 590 g/mol. The van der Waals surface area contributed by atoms with Gasteiger partial charge in [-0.05, 0) is 61.3 Å². The first-order valence-electron chi connectivity index (χ1n) is 14.8. The maximum Gasteiger partial charge on any atom is 0.408 e. The topological polar surface area (TPSA) is 180 Å². The van der Waals surface area contributed by atoms with Crippen LogP contribution in [0.15, 0.2) is 54.6 Å². The van der Waals surface area contributed by atoms with E-state index in [2.05, 4.69) is 16.0 Å². The first-order chi connectivity index (χ1) is 20.8. The van der Waals surface area contributed by atoms with Gasteiger partial charge in [0.25, 0.3) is 10.1 Å². The fraction of sp³-hybridized carbons (Fsp3) is 0.516. The lowest BCUT2D eigenvalue weighted by atomic mass is 9.97. The van der Waals surface area contributed by atoms with Crippen LogP contribution < -0.4 is 20.7 Å². The van der Waals surface area contributed by atoms with Gasteiger partial charge in [0.2, 0.25) is 17.3 Å². The van der Waals surface area contributed by atoms with Gasteiger partial charge in [-0.15, -0.1) is 0 Å². The van der Waals surface area contributed by atoms with Crippen LogP contribution in [0.3, 0.4) is 0 Å². The molecule has 1 heterocycles. The van der Waals surface area contributed by atoms with Gasteiger partial charge in [-0.1, -0.05) is 56.3 Å². The Labute approximate surface area is 257 Å². The minimum Gasteiger partial charge on any atom is -0.489 e. The number of nitrogens with one attached hydrogen (secondary N) is 3. The van der Waals surface area contributed by atoms with E-state index < -0.39 is 51.2 Å². The molecule has 2 aromatic rings. The lowest BCUT2D eigenvalue weighted by molar-refractivity contribution is -0.126.